The van der Waals surface area contributed by atoms with Gasteiger partial charge in [-0.3, -0.25) is 0 Å². The summed E-state index contributed by atoms with van der Waals surface area (Å²) >= 11 is 1.31. The Morgan fingerprint density at radius 1 is 0.714 bits per heavy atom. The van der Waals surface area contributed by atoms with Crippen molar-refractivity contribution in [3.05, 3.63) is 59.7 Å². The molecule has 0 nitrogen and oxygen atoms in total. The number of hydrogen-bond donors (Lipinski definition) is 0. The molecule has 14 heavy (non-hydrogen) atoms. The third-order valence-electron chi connectivity index (χ3n) is 2.96. The van der Waals surface area contributed by atoms with E-state index >= 15 is 0 Å². The molecule has 0 N–H and O–H groups in total. The van der Waals surface area contributed by atoms with Gasteiger partial charge in [-0.15, -0.1) is 0 Å². The van der Waals surface area contributed by atoms with Gasteiger partial charge in [-0.05, 0) is 0 Å². The summed E-state index contributed by atoms with van der Waals surface area (Å²) in [6.07, 6.45) is 0. The Balaban J connectivity index is 2.36. The first-order valence-electron chi connectivity index (χ1n) is 4.89. The van der Waals surface area contributed by atoms with Crippen LogP contribution in [0.15, 0.2) is 48.5 Å². The molecule has 1 aliphatic rings. The molecule has 0 bridgehead atoms. The fraction of sp³-hybridized carbons (Fsp3) is 0.0769. The quantitative estimate of drug-likeness (QED) is 0.609. The van der Waals surface area contributed by atoms with Crippen molar-refractivity contribution in [2.75, 3.05) is 0 Å². The number of fused-ring (bicyclic) bond motifs is 3. The zero-order valence-electron chi connectivity index (χ0n) is 7.90. The van der Waals surface area contributed by atoms with Gasteiger partial charge in [-0.2, -0.15) is 0 Å². The van der Waals surface area contributed by atoms with Crippen LogP contribution in [-0.2, 0) is 18.3 Å². The molecule has 63 valence electrons. The molecule has 2 aromatic rings. The molecule has 0 aliphatic heterocycles. The maximum atomic E-state index is 2.27. The van der Waals surface area contributed by atoms with E-state index in [1.165, 1.54) is 40.6 Å². The average Bonchev–Trinajstić information content (AvgIpc) is 2.55. The zero-order valence-corrected chi connectivity index (χ0v) is 10.9. The molecular weight excluding hydrogens is 222 g/mol. The van der Waals surface area contributed by atoms with Crippen LogP contribution in [0.1, 0.15) is 15.6 Å². The fourth-order valence-electron chi connectivity index (χ4n) is 2.26. The average molecular weight is 231 g/mol. The van der Waals surface area contributed by atoms with Crippen LogP contribution < -0.4 is 0 Å². The summed E-state index contributed by atoms with van der Waals surface area (Å²) in [6.45, 7) is 0. The van der Waals surface area contributed by atoms with Crippen LogP contribution in [0.4, 0.5) is 0 Å². The Morgan fingerprint density at radius 3 is 1.64 bits per heavy atom. The topological polar surface area (TPSA) is 0 Å². The van der Waals surface area contributed by atoms with E-state index < -0.39 is 0 Å². The second-order valence-electron chi connectivity index (χ2n) is 3.73. The second kappa shape index (κ2) is 3.03. The number of rotatable bonds is 0. The molecule has 0 saturated heterocycles. The first-order chi connectivity index (χ1) is 6.88. The van der Waals surface area contributed by atoms with Crippen LogP contribution in [0.25, 0.3) is 11.1 Å². The van der Waals surface area contributed by atoms with Crippen LogP contribution in [0.2, 0.25) is 0 Å². The predicted molar refractivity (Wildman–Crippen MR) is 53.7 cm³/mol. The molecular formula is C13H9Zn. The Kier molecular flexibility index (Phi) is 1.82. The summed E-state index contributed by atoms with van der Waals surface area (Å²) in [5, 5.41) is 0. The monoisotopic (exact) mass is 229 g/mol. The summed E-state index contributed by atoms with van der Waals surface area (Å²) in [6, 6.07) is 17.6. The number of hydrogen-bond acceptors (Lipinski definition) is 0. The van der Waals surface area contributed by atoms with Crippen molar-refractivity contribution in [1.82, 2.24) is 0 Å². The van der Waals surface area contributed by atoms with Gasteiger partial charge < -0.3 is 0 Å². The predicted octanol–water partition coefficient (Wildman–Crippen LogP) is 3.30. The van der Waals surface area contributed by atoms with Crippen molar-refractivity contribution in [2.45, 2.75) is 4.51 Å². The van der Waals surface area contributed by atoms with E-state index in [0.29, 0.717) is 4.51 Å². The van der Waals surface area contributed by atoms with Gasteiger partial charge in [0.15, 0.2) is 0 Å². The summed E-state index contributed by atoms with van der Waals surface area (Å²) < 4.78 is 0.683. The van der Waals surface area contributed by atoms with Crippen molar-refractivity contribution >= 4 is 0 Å². The van der Waals surface area contributed by atoms with Crippen molar-refractivity contribution in [3.8, 4) is 11.1 Å². The van der Waals surface area contributed by atoms with Gasteiger partial charge in [0.1, 0.15) is 0 Å². The first-order valence-corrected chi connectivity index (χ1v) is 6.60. The van der Waals surface area contributed by atoms with Crippen molar-refractivity contribution < 1.29 is 18.3 Å². The third-order valence-corrected chi connectivity index (χ3v) is 4.81. The van der Waals surface area contributed by atoms with Crippen LogP contribution in [0, 0.1) is 0 Å². The summed E-state index contributed by atoms with van der Waals surface area (Å²) in [5.74, 6) is 0. The molecule has 0 aromatic heterocycles. The van der Waals surface area contributed by atoms with Crippen molar-refractivity contribution in [1.29, 1.82) is 0 Å². The Morgan fingerprint density at radius 2 is 1.14 bits per heavy atom. The Labute approximate surface area is 93.6 Å². The van der Waals surface area contributed by atoms with Crippen LogP contribution in [-0.4, -0.2) is 0 Å². The van der Waals surface area contributed by atoms with Gasteiger partial charge >= 0.3 is 93.6 Å². The normalized spacial score (nSPS) is 13.9. The molecule has 1 aliphatic carbocycles. The SMILES string of the molecule is [Zn][CH]1c2ccccc2-c2ccccc21. The molecule has 0 saturated carbocycles. The maximum absolute atomic E-state index is 2.27. The van der Waals surface area contributed by atoms with Crippen molar-refractivity contribution in [2.24, 2.45) is 0 Å². The van der Waals surface area contributed by atoms with E-state index in [1.807, 2.05) is 0 Å². The Hall–Kier alpha value is -0.937. The molecule has 0 unspecified atom stereocenters. The molecule has 0 amide bonds. The summed E-state index contributed by atoms with van der Waals surface area (Å²) in [7, 11) is 0. The molecule has 0 atom stereocenters. The van der Waals surface area contributed by atoms with Crippen LogP contribution in [0.5, 0.6) is 0 Å². The van der Waals surface area contributed by atoms with Gasteiger partial charge in [-0.25, -0.2) is 0 Å². The van der Waals surface area contributed by atoms with Crippen LogP contribution >= 0.6 is 0 Å². The fourth-order valence-corrected chi connectivity index (χ4v) is 3.75. The van der Waals surface area contributed by atoms with E-state index in [4.69, 9.17) is 0 Å². The van der Waals surface area contributed by atoms with Gasteiger partial charge in [0, 0.05) is 0 Å². The van der Waals surface area contributed by atoms with Gasteiger partial charge in [0.2, 0.25) is 0 Å². The molecule has 0 heterocycles. The molecule has 1 heteroatoms. The second-order valence-corrected chi connectivity index (χ2v) is 5.44. The zero-order chi connectivity index (χ0) is 9.54. The molecule has 2 aromatic carbocycles. The molecule has 0 radical (unpaired) electrons. The minimum absolute atomic E-state index is 0.683. The molecule has 0 spiro atoms. The van der Waals surface area contributed by atoms with E-state index in [2.05, 4.69) is 48.5 Å². The van der Waals surface area contributed by atoms with Gasteiger partial charge in [0.05, 0.1) is 0 Å². The first kappa shape index (κ1) is 8.38. The van der Waals surface area contributed by atoms with E-state index in [0.717, 1.165) is 0 Å². The summed E-state index contributed by atoms with van der Waals surface area (Å²) in [4.78, 5) is 0. The Bertz CT molecular complexity index is 443. The number of benzene rings is 2. The van der Waals surface area contributed by atoms with Crippen molar-refractivity contribution in [3.63, 3.8) is 0 Å². The minimum atomic E-state index is 0.683. The summed E-state index contributed by atoms with van der Waals surface area (Å²) in [5.41, 5.74) is 5.93. The van der Waals surface area contributed by atoms with Crippen LogP contribution in [0.3, 0.4) is 0 Å². The molecule has 0 fully saturated rings. The third kappa shape index (κ3) is 1.02. The standard InChI is InChI=1S/C13H9.Zn/c1-3-7-12-10(5-1)9-11-6-2-4-8-13(11)12;/h1-9H;. The van der Waals surface area contributed by atoms with E-state index in [1.54, 1.807) is 0 Å². The van der Waals surface area contributed by atoms with E-state index in [-0.39, 0.29) is 0 Å². The van der Waals surface area contributed by atoms with Gasteiger partial charge in [-0.1, -0.05) is 0 Å². The van der Waals surface area contributed by atoms with E-state index in [9.17, 15) is 0 Å². The molecule has 3 rings (SSSR count). The van der Waals surface area contributed by atoms with Gasteiger partial charge in [0.25, 0.3) is 0 Å².